The molecule has 1 atom stereocenters. The zero-order valence-corrected chi connectivity index (χ0v) is 14.4. The van der Waals surface area contributed by atoms with Gasteiger partial charge >= 0.3 is 5.97 Å². The van der Waals surface area contributed by atoms with Crippen LogP contribution in [0.5, 0.6) is 11.5 Å². The van der Waals surface area contributed by atoms with Crippen LogP contribution in [0.1, 0.15) is 24.2 Å². The second kappa shape index (κ2) is 8.73. The number of esters is 1. The second-order valence-electron chi connectivity index (χ2n) is 5.17. The third kappa shape index (κ3) is 4.73. The maximum absolute atomic E-state index is 12.4. The minimum Gasteiger partial charge on any atom is -0.493 e. The first-order valence-corrected chi connectivity index (χ1v) is 7.93. The fourth-order valence-corrected chi connectivity index (χ4v) is 2.17. The van der Waals surface area contributed by atoms with Crippen molar-refractivity contribution < 1.29 is 23.8 Å². The zero-order valence-electron chi connectivity index (χ0n) is 14.4. The summed E-state index contributed by atoms with van der Waals surface area (Å²) in [4.78, 5) is 24.4. The van der Waals surface area contributed by atoms with Gasteiger partial charge in [-0.05, 0) is 38.1 Å². The average Bonchev–Trinajstić information content (AvgIpc) is 2.62. The predicted octanol–water partition coefficient (Wildman–Crippen LogP) is 3.28. The van der Waals surface area contributed by atoms with Crippen LogP contribution in [0.25, 0.3) is 0 Å². The molecule has 0 bridgehead atoms. The Hall–Kier alpha value is -3.02. The van der Waals surface area contributed by atoms with Crippen LogP contribution in [-0.2, 0) is 9.53 Å². The SMILES string of the molecule is CCOC(=O)c1ccccc1NC(=O)[C@H](C)Oc1ccccc1OC. The highest BCUT2D eigenvalue weighted by molar-refractivity contribution is 6.02. The average molecular weight is 343 g/mol. The minimum absolute atomic E-state index is 0.258. The van der Waals surface area contributed by atoms with Crippen LogP contribution in [0.2, 0.25) is 0 Å². The highest BCUT2D eigenvalue weighted by atomic mass is 16.5. The van der Waals surface area contributed by atoms with Crippen LogP contribution >= 0.6 is 0 Å². The van der Waals surface area contributed by atoms with Gasteiger partial charge in [0.05, 0.1) is 25.0 Å². The number of rotatable bonds is 7. The van der Waals surface area contributed by atoms with Gasteiger partial charge in [-0.25, -0.2) is 4.79 Å². The number of nitrogens with one attached hydrogen (secondary N) is 1. The van der Waals surface area contributed by atoms with Crippen molar-refractivity contribution in [1.29, 1.82) is 0 Å². The van der Waals surface area contributed by atoms with Crippen LogP contribution in [-0.4, -0.2) is 31.7 Å². The molecule has 0 heterocycles. The summed E-state index contributed by atoms with van der Waals surface area (Å²) < 4.78 is 15.9. The quantitative estimate of drug-likeness (QED) is 0.781. The van der Waals surface area contributed by atoms with Gasteiger partial charge in [-0.3, -0.25) is 4.79 Å². The third-order valence-corrected chi connectivity index (χ3v) is 3.42. The van der Waals surface area contributed by atoms with Gasteiger partial charge in [-0.15, -0.1) is 0 Å². The van der Waals surface area contributed by atoms with E-state index in [1.807, 2.05) is 6.07 Å². The molecule has 6 heteroatoms. The molecular weight excluding hydrogens is 322 g/mol. The first kappa shape index (κ1) is 18.3. The van der Waals surface area contributed by atoms with Crippen molar-refractivity contribution in [2.45, 2.75) is 20.0 Å². The molecule has 0 aliphatic carbocycles. The van der Waals surface area contributed by atoms with Crippen LogP contribution in [0.15, 0.2) is 48.5 Å². The van der Waals surface area contributed by atoms with Crippen molar-refractivity contribution in [3.63, 3.8) is 0 Å². The van der Waals surface area contributed by atoms with Gasteiger partial charge < -0.3 is 19.5 Å². The lowest BCUT2D eigenvalue weighted by Gasteiger charge is -2.17. The molecule has 1 amide bonds. The number of anilines is 1. The number of methoxy groups -OCH3 is 1. The smallest absolute Gasteiger partial charge is 0.340 e. The lowest BCUT2D eigenvalue weighted by molar-refractivity contribution is -0.122. The topological polar surface area (TPSA) is 73.9 Å². The molecule has 0 aliphatic rings. The molecule has 0 radical (unpaired) electrons. The summed E-state index contributed by atoms with van der Waals surface area (Å²) in [5, 5.41) is 2.70. The van der Waals surface area contributed by atoms with E-state index in [-0.39, 0.29) is 12.5 Å². The third-order valence-electron chi connectivity index (χ3n) is 3.42. The Bertz CT molecular complexity index is 744. The number of ether oxygens (including phenoxy) is 3. The molecule has 0 aliphatic heterocycles. The normalized spacial score (nSPS) is 11.3. The Labute approximate surface area is 146 Å². The Morgan fingerprint density at radius 1 is 1.04 bits per heavy atom. The molecule has 0 spiro atoms. The van der Waals surface area contributed by atoms with E-state index in [0.29, 0.717) is 22.7 Å². The van der Waals surface area contributed by atoms with E-state index in [1.54, 1.807) is 56.3 Å². The molecule has 1 N–H and O–H groups in total. The molecule has 0 fully saturated rings. The van der Waals surface area contributed by atoms with E-state index in [9.17, 15) is 9.59 Å². The van der Waals surface area contributed by atoms with Crippen molar-refractivity contribution in [2.24, 2.45) is 0 Å². The van der Waals surface area contributed by atoms with E-state index in [1.165, 1.54) is 7.11 Å². The van der Waals surface area contributed by atoms with Crippen LogP contribution in [0.3, 0.4) is 0 Å². The number of amides is 1. The molecule has 2 aromatic carbocycles. The van der Waals surface area contributed by atoms with E-state index in [0.717, 1.165) is 0 Å². The summed E-state index contributed by atoms with van der Waals surface area (Å²) in [7, 11) is 1.53. The molecule has 0 saturated carbocycles. The van der Waals surface area contributed by atoms with Gasteiger partial charge in [0.25, 0.3) is 5.91 Å². The monoisotopic (exact) mass is 343 g/mol. The number of hydrogen-bond acceptors (Lipinski definition) is 5. The molecular formula is C19H21NO5. The van der Waals surface area contributed by atoms with Gasteiger partial charge in [-0.1, -0.05) is 24.3 Å². The number of carbonyl (C=O) groups is 2. The van der Waals surface area contributed by atoms with Gasteiger partial charge in [0.15, 0.2) is 17.6 Å². The molecule has 0 saturated heterocycles. The second-order valence-corrected chi connectivity index (χ2v) is 5.17. The number of benzene rings is 2. The zero-order chi connectivity index (χ0) is 18.2. The van der Waals surface area contributed by atoms with Crippen LogP contribution < -0.4 is 14.8 Å². The van der Waals surface area contributed by atoms with Crippen molar-refractivity contribution in [1.82, 2.24) is 0 Å². The van der Waals surface area contributed by atoms with Crippen LogP contribution in [0, 0.1) is 0 Å². The maximum Gasteiger partial charge on any atom is 0.340 e. The number of para-hydroxylation sites is 3. The standard InChI is InChI=1S/C19H21NO5/c1-4-24-19(22)14-9-5-6-10-15(14)20-18(21)13(2)25-17-12-8-7-11-16(17)23-3/h5-13H,4H2,1-3H3,(H,20,21)/t13-/m0/s1. The van der Waals surface area contributed by atoms with Crippen molar-refractivity contribution >= 4 is 17.6 Å². The van der Waals surface area contributed by atoms with Gasteiger partial charge in [0, 0.05) is 0 Å². The molecule has 0 unspecified atom stereocenters. The molecule has 0 aromatic heterocycles. The molecule has 2 rings (SSSR count). The van der Waals surface area contributed by atoms with Gasteiger partial charge in [0.1, 0.15) is 0 Å². The fourth-order valence-electron chi connectivity index (χ4n) is 2.17. The first-order chi connectivity index (χ1) is 12.1. The Morgan fingerprint density at radius 2 is 1.68 bits per heavy atom. The fraction of sp³-hybridized carbons (Fsp3) is 0.263. The highest BCUT2D eigenvalue weighted by Gasteiger charge is 2.20. The Balaban J connectivity index is 2.10. The lowest BCUT2D eigenvalue weighted by atomic mass is 10.1. The summed E-state index contributed by atoms with van der Waals surface area (Å²) in [6.45, 7) is 3.60. The summed E-state index contributed by atoms with van der Waals surface area (Å²) in [5.74, 6) is 0.125. The van der Waals surface area contributed by atoms with E-state index < -0.39 is 12.1 Å². The van der Waals surface area contributed by atoms with E-state index in [4.69, 9.17) is 14.2 Å². The molecule has 25 heavy (non-hydrogen) atoms. The number of hydrogen-bond donors (Lipinski definition) is 1. The summed E-state index contributed by atoms with van der Waals surface area (Å²) in [6, 6.07) is 13.7. The predicted molar refractivity (Wildman–Crippen MR) is 94.1 cm³/mol. The van der Waals surface area contributed by atoms with Gasteiger partial charge in [-0.2, -0.15) is 0 Å². The summed E-state index contributed by atoms with van der Waals surface area (Å²) in [6.07, 6.45) is -0.786. The summed E-state index contributed by atoms with van der Waals surface area (Å²) in [5.41, 5.74) is 0.670. The highest BCUT2D eigenvalue weighted by Crippen LogP contribution is 2.27. The van der Waals surface area contributed by atoms with Crippen molar-refractivity contribution in [3.05, 3.63) is 54.1 Å². The largest absolute Gasteiger partial charge is 0.493 e. The Morgan fingerprint density at radius 3 is 2.36 bits per heavy atom. The van der Waals surface area contributed by atoms with Crippen molar-refractivity contribution in [3.8, 4) is 11.5 Å². The van der Waals surface area contributed by atoms with Gasteiger partial charge in [0.2, 0.25) is 0 Å². The number of carbonyl (C=O) groups excluding carboxylic acids is 2. The van der Waals surface area contributed by atoms with E-state index >= 15 is 0 Å². The summed E-state index contributed by atoms with van der Waals surface area (Å²) >= 11 is 0. The van der Waals surface area contributed by atoms with Crippen LogP contribution in [0.4, 0.5) is 5.69 Å². The lowest BCUT2D eigenvalue weighted by Crippen LogP contribution is -2.31. The minimum atomic E-state index is -0.786. The molecule has 2 aromatic rings. The molecule has 6 nitrogen and oxygen atoms in total. The first-order valence-electron chi connectivity index (χ1n) is 7.93. The van der Waals surface area contributed by atoms with E-state index in [2.05, 4.69) is 5.32 Å². The maximum atomic E-state index is 12.4. The molecule has 132 valence electrons. The Kier molecular flexibility index (Phi) is 6.39. The van der Waals surface area contributed by atoms with Crippen molar-refractivity contribution in [2.75, 3.05) is 19.0 Å².